The summed E-state index contributed by atoms with van der Waals surface area (Å²) in [5.41, 5.74) is 3.19. The largest absolute Gasteiger partial charge is 0.381 e. The van der Waals surface area contributed by atoms with E-state index < -0.39 is 5.41 Å². The van der Waals surface area contributed by atoms with Crippen LogP contribution in [0.1, 0.15) is 18.4 Å². The molecule has 3 heterocycles. The summed E-state index contributed by atoms with van der Waals surface area (Å²) in [7, 11) is 0. The van der Waals surface area contributed by atoms with Crippen LogP contribution in [0.25, 0.3) is 20.9 Å². The number of nitrogens with one attached hydrogen (secondary N) is 1. The van der Waals surface area contributed by atoms with Crippen LogP contribution < -0.4 is 5.32 Å². The van der Waals surface area contributed by atoms with Crippen LogP contribution in [-0.4, -0.2) is 29.1 Å². The van der Waals surface area contributed by atoms with Crippen LogP contribution in [0.3, 0.4) is 0 Å². The number of hydrogen-bond acceptors (Lipinski definition) is 5. The van der Waals surface area contributed by atoms with Gasteiger partial charge in [0.2, 0.25) is 5.91 Å². The molecule has 4 aromatic rings. The summed E-state index contributed by atoms with van der Waals surface area (Å²) in [6.07, 6.45) is 3.14. The Morgan fingerprint density at radius 3 is 2.47 bits per heavy atom. The van der Waals surface area contributed by atoms with E-state index in [9.17, 15) is 4.79 Å². The van der Waals surface area contributed by atoms with Crippen molar-refractivity contribution in [2.75, 3.05) is 18.5 Å². The molecule has 1 N–H and O–H groups in total. The van der Waals surface area contributed by atoms with E-state index in [1.54, 1.807) is 17.5 Å². The summed E-state index contributed by atoms with van der Waals surface area (Å²) in [6, 6.07) is 21.7. The van der Waals surface area contributed by atoms with Crippen LogP contribution in [0.15, 0.2) is 72.9 Å². The van der Waals surface area contributed by atoms with E-state index in [4.69, 9.17) is 4.74 Å². The van der Waals surface area contributed by atoms with E-state index in [1.165, 1.54) is 0 Å². The highest BCUT2D eigenvalue weighted by atomic mass is 32.1. The molecule has 1 saturated heterocycles. The quantitative estimate of drug-likeness (QED) is 0.507. The molecule has 0 atom stereocenters. The number of ether oxygens (including phenoxy) is 1. The first-order valence-corrected chi connectivity index (χ1v) is 10.8. The zero-order valence-corrected chi connectivity index (χ0v) is 17.2. The molecule has 5 nitrogen and oxygen atoms in total. The average molecular weight is 416 g/mol. The predicted octanol–water partition coefficient (Wildman–Crippen LogP) is 5.05. The molecule has 0 radical (unpaired) electrons. The Hall–Kier alpha value is -3.09. The fraction of sp³-hybridized carbons (Fsp3) is 0.208. The number of anilines is 1. The lowest BCUT2D eigenvalue weighted by atomic mass is 9.73. The number of carbonyl (C=O) groups excluding carboxylic acids is 1. The topological polar surface area (TPSA) is 64.1 Å². The van der Waals surface area contributed by atoms with Gasteiger partial charge in [0.1, 0.15) is 15.4 Å². The van der Waals surface area contributed by atoms with E-state index in [1.807, 2.05) is 66.7 Å². The molecular weight excluding hydrogens is 394 g/mol. The molecule has 0 unspecified atom stereocenters. The lowest BCUT2D eigenvalue weighted by Gasteiger charge is -2.36. The zero-order valence-electron chi connectivity index (χ0n) is 16.4. The van der Waals surface area contributed by atoms with Crippen LogP contribution in [0.5, 0.6) is 0 Å². The number of pyridine rings is 1. The summed E-state index contributed by atoms with van der Waals surface area (Å²) in [4.78, 5) is 23.3. The van der Waals surface area contributed by atoms with Crippen molar-refractivity contribution in [1.29, 1.82) is 0 Å². The third-order valence-corrected chi connectivity index (χ3v) is 6.69. The fourth-order valence-electron chi connectivity index (χ4n) is 3.96. The Kier molecular flexibility index (Phi) is 5.02. The molecule has 1 fully saturated rings. The number of benzene rings is 2. The van der Waals surface area contributed by atoms with Gasteiger partial charge in [-0.25, -0.2) is 9.97 Å². The second-order valence-corrected chi connectivity index (χ2v) is 8.42. The number of fused-ring (bicyclic) bond motifs is 1. The van der Waals surface area contributed by atoms with Gasteiger partial charge in [0, 0.05) is 30.7 Å². The van der Waals surface area contributed by atoms with Gasteiger partial charge >= 0.3 is 0 Å². The molecule has 1 aliphatic heterocycles. The number of hydrogen-bond donors (Lipinski definition) is 1. The molecule has 2 aromatic heterocycles. The number of carbonyl (C=O) groups is 1. The lowest BCUT2D eigenvalue weighted by molar-refractivity contribution is -0.125. The maximum Gasteiger partial charge on any atom is 0.235 e. The van der Waals surface area contributed by atoms with Crippen LogP contribution in [0.4, 0.5) is 5.69 Å². The Bertz CT molecular complexity index is 1130. The Labute approximate surface area is 178 Å². The SMILES string of the molecule is O=C(Nc1ccc(-c2nc3cccnc3s2)cc1)C1(c2ccccc2)CCOCC1. The number of thiazole rings is 1. The van der Waals surface area contributed by atoms with Crippen molar-refractivity contribution in [3.63, 3.8) is 0 Å². The maximum absolute atomic E-state index is 13.4. The Morgan fingerprint density at radius 1 is 0.967 bits per heavy atom. The second-order valence-electron chi connectivity index (χ2n) is 7.44. The van der Waals surface area contributed by atoms with E-state index in [2.05, 4.69) is 15.3 Å². The third-order valence-electron chi connectivity index (χ3n) is 5.66. The molecule has 30 heavy (non-hydrogen) atoms. The highest BCUT2D eigenvalue weighted by molar-refractivity contribution is 7.21. The summed E-state index contributed by atoms with van der Waals surface area (Å²) >= 11 is 1.57. The van der Waals surface area contributed by atoms with E-state index in [-0.39, 0.29) is 5.91 Å². The number of rotatable bonds is 4. The van der Waals surface area contributed by atoms with Gasteiger partial charge in [0.15, 0.2) is 0 Å². The summed E-state index contributed by atoms with van der Waals surface area (Å²) in [5.74, 6) is 0.0222. The van der Waals surface area contributed by atoms with Gasteiger partial charge in [0.05, 0.1) is 5.41 Å². The third kappa shape index (κ3) is 3.49. The van der Waals surface area contributed by atoms with Crippen molar-refractivity contribution in [1.82, 2.24) is 9.97 Å². The van der Waals surface area contributed by atoms with Crippen LogP contribution in [0.2, 0.25) is 0 Å². The summed E-state index contributed by atoms with van der Waals surface area (Å²) in [5, 5.41) is 4.06. The average Bonchev–Trinajstić information content (AvgIpc) is 3.25. The molecule has 2 aromatic carbocycles. The van der Waals surface area contributed by atoms with Gasteiger partial charge in [-0.3, -0.25) is 4.79 Å². The number of nitrogens with zero attached hydrogens (tertiary/aromatic N) is 2. The second kappa shape index (κ2) is 7.97. The van der Waals surface area contributed by atoms with E-state index in [0.29, 0.717) is 26.1 Å². The maximum atomic E-state index is 13.4. The monoisotopic (exact) mass is 415 g/mol. The Balaban J connectivity index is 1.38. The van der Waals surface area contributed by atoms with Gasteiger partial charge in [-0.2, -0.15) is 0 Å². The molecule has 0 spiro atoms. The van der Waals surface area contributed by atoms with Crippen molar-refractivity contribution < 1.29 is 9.53 Å². The van der Waals surface area contributed by atoms with Crippen molar-refractivity contribution in [3.05, 3.63) is 78.5 Å². The van der Waals surface area contributed by atoms with Gasteiger partial charge in [-0.05, 0) is 54.8 Å². The van der Waals surface area contributed by atoms with Crippen molar-refractivity contribution in [2.24, 2.45) is 0 Å². The van der Waals surface area contributed by atoms with Crippen molar-refractivity contribution in [2.45, 2.75) is 18.3 Å². The molecule has 1 aliphatic rings. The first-order valence-electron chi connectivity index (χ1n) is 10.0. The highest BCUT2D eigenvalue weighted by Gasteiger charge is 2.41. The minimum atomic E-state index is -0.559. The van der Waals surface area contributed by atoms with Gasteiger partial charge in [-0.1, -0.05) is 41.7 Å². The molecular formula is C24H21N3O2S. The smallest absolute Gasteiger partial charge is 0.235 e. The van der Waals surface area contributed by atoms with Gasteiger partial charge < -0.3 is 10.1 Å². The molecule has 0 bridgehead atoms. The summed E-state index contributed by atoms with van der Waals surface area (Å²) < 4.78 is 5.55. The molecule has 150 valence electrons. The zero-order chi connectivity index (χ0) is 20.4. The normalized spacial score (nSPS) is 15.7. The van der Waals surface area contributed by atoms with E-state index in [0.717, 1.165) is 32.2 Å². The molecule has 0 saturated carbocycles. The highest BCUT2D eigenvalue weighted by Crippen LogP contribution is 2.36. The number of aromatic nitrogens is 2. The van der Waals surface area contributed by atoms with Crippen LogP contribution in [-0.2, 0) is 14.9 Å². The first kappa shape index (κ1) is 18.9. The minimum absolute atomic E-state index is 0.0222. The van der Waals surface area contributed by atoms with Crippen LogP contribution >= 0.6 is 11.3 Å². The molecule has 0 aliphatic carbocycles. The number of amides is 1. The first-order chi connectivity index (χ1) is 14.7. The fourth-order valence-corrected chi connectivity index (χ4v) is 4.88. The van der Waals surface area contributed by atoms with Gasteiger partial charge in [-0.15, -0.1) is 0 Å². The van der Waals surface area contributed by atoms with E-state index >= 15 is 0 Å². The van der Waals surface area contributed by atoms with Crippen molar-refractivity contribution >= 4 is 33.3 Å². The predicted molar refractivity (Wildman–Crippen MR) is 120 cm³/mol. The lowest BCUT2D eigenvalue weighted by Crippen LogP contribution is -2.44. The summed E-state index contributed by atoms with van der Waals surface area (Å²) in [6.45, 7) is 1.18. The molecule has 5 rings (SSSR count). The molecule has 1 amide bonds. The minimum Gasteiger partial charge on any atom is -0.381 e. The molecule has 6 heteroatoms. The standard InChI is InChI=1S/C24H21N3O2S/c28-23(24(12-15-29-16-13-24)18-5-2-1-3-6-18)26-19-10-8-17(9-11-19)21-27-20-7-4-14-25-22(20)30-21/h1-11,14H,12-13,15-16H2,(H,26,28). The van der Waals surface area contributed by atoms with Crippen molar-refractivity contribution in [3.8, 4) is 10.6 Å². The Morgan fingerprint density at radius 2 is 1.73 bits per heavy atom. The van der Waals surface area contributed by atoms with Gasteiger partial charge in [0.25, 0.3) is 0 Å². The van der Waals surface area contributed by atoms with Crippen LogP contribution in [0, 0.1) is 0 Å².